The highest BCUT2D eigenvalue weighted by Crippen LogP contribution is 2.26. The zero-order chi connectivity index (χ0) is 22.5. The smallest absolute Gasteiger partial charge is 0.357 e. The van der Waals surface area contributed by atoms with Crippen LogP contribution in [0.5, 0.6) is 0 Å². The van der Waals surface area contributed by atoms with E-state index < -0.39 is 5.97 Å². The van der Waals surface area contributed by atoms with Crippen LogP contribution in [-0.2, 0) is 17.6 Å². The van der Waals surface area contributed by atoms with E-state index in [1.807, 2.05) is 38.1 Å². The van der Waals surface area contributed by atoms with Crippen molar-refractivity contribution in [2.45, 2.75) is 26.7 Å². The van der Waals surface area contributed by atoms with Gasteiger partial charge in [-0.25, -0.2) is 4.79 Å². The number of nitrogen functional groups attached to an aromatic ring is 1. The molecular formula is C24H24N4O3. The molecule has 0 atom stereocenters. The highest BCUT2D eigenvalue weighted by molar-refractivity contribution is 6.05. The molecule has 1 heterocycles. The van der Waals surface area contributed by atoms with Gasteiger partial charge in [0.2, 0.25) is 0 Å². The normalized spacial score (nSPS) is 10.4. The Balaban J connectivity index is 2.02. The van der Waals surface area contributed by atoms with Crippen molar-refractivity contribution >= 4 is 23.3 Å². The molecule has 7 heteroatoms. The van der Waals surface area contributed by atoms with E-state index in [1.165, 1.54) is 17.9 Å². The molecule has 2 aromatic carbocycles. The second-order valence-corrected chi connectivity index (χ2v) is 6.94. The SMILES string of the molecule is CCc1cccc(CC)c1NC(=O)c1cccc(-n2cc(C#N)c(N)c2C(=O)OC)c1. The molecule has 0 saturated heterocycles. The van der Waals surface area contributed by atoms with Crippen LogP contribution in [0, 0.1) is 11.3 Å². The number of aromatic nitrogens is 1. The fourth-order valence-electron chi connectivity index (χ4n) is 3.50. The van der Waals surface area contributed by atoms with Crippen LogP contribution in [0.15, 0.2) is 48.7 Å². The van der Waals surface area contributed by atoms with Crippen LogP contribution in [-0.4, -0.2) is 23.6 Å². The van der Waals surface area contributed by atoms with Crippen LogP contribution in [0.3, 0.4) is 0 Å². The number of hydrogen-bond acceptors (Lipinski definition) is 5. The number of ether oxygens (including phenoxy) is 1. The van der Waals surface area contributed by atoms with Gasteiger partial charge in [-0.05, 0) is 42.2 Å². The van der Waals surface area contributed by atoms with E-state index in [0.29, 0.717) is 11.3 Å². The minimum atomic E-state index is -0.668. The number of nitrogens with one attached hydrogen (secondary N) is 1. The number of hydrogen-bond donors (Lipinski definition) is 2. The van der Waals surface area contributed by atoms with Gasteiger partial charge in [0, 0.05) is 23.1 Å². The standard InChI is InChI=1S/C24H24N4O3/c1-4-15-8-6-9-16(5-2)21(15)27-23(29)17-10-7-11-19(12-17)28-14-18(13-25)20(26)22(28)24(30)31-3/h6-12,14H,4-5,26H2,1-3H3,(H,27,29). The third-order valence-electron chi connectivity index (χ3n) is 5.17. The summed E-state index contributed by atoms with van der Waals surface area (Å²) in [5, 5.41) is 12.3. The van der Waals surface area contributed by atoms with E-state index in [-0.39, 0.29) is 22.9 Å². The average Bonchev–Trinajstić information content (AvgIpc) is 3.14. The second kappa shape index (κ2) is 9.18. The van der Waals surface area contributed by atoms with Gasteiger partial charge in [0.15, 0.2) is 5.69 Å². The molecule has 0 unspecified atom stereocenters. The van der Waals surface area contributed by atoms with E-state index in [0.717, 1.165) is 29.7 Å². The Morgan fingerprint density at radius 1 is 1.13 bits per heavy atom. The summed E-state index contributed by atoms with van der Waals surface area (Å²) in [6.07, 6.45) is 3.05. The quantitative estimate of drug-likeness (QED) is 0.588. The van der Waals surface area contributed by atoms with E-state index in [4.69, 9.17) is 10.5 Å². The van der Waals surface area contributed by atoms with Gasteiger partial charge in [0.25, 0.3) is 5.91 Å². The van der Waals surface area contributed by atoms with Crippen molar-refractivity contribution in [1.82, 2.24) is 4.57 Å². The Labute approximate surface area is 181 Å². The predicted octanol–water partition coefficient (Wildman–Crippen LogP) is 4.09. The monoisotopic (exact) mass is 416 g/mol. The number of carbonyl (C=O) groups is 2. The number of rotatable bonds is 6. The molecule has 0 aliphatic heterocycles. The first-order valence-electron chi connectivity index (χ1n) is 9.96. The Kier molecular flexibility index (Phi) is 6.41. The van der Waals surface area contributed by atoms with Gasteiger partial charge in [-0.1, -0.05) is 38.1 Å². The topological polar surface area (TPSA) is 110 Å². The van der Waals surface area contributed by atoms with Gasteiger partial charge in [0.05, 0.1) is 18.4 Å². The third kappa shape index (κ3) is 4.14. The number of benzene rings is 2. The van der Waals surface area contributed by atoms with Gasteiger partial charge in [-0.15, -0.1) is 0 Å². The number of nitriles is 1. The van der Waals surface area contributed by atoms with Crippen molar-refractivity contribution in [3.05, 3.63) is 76.6 Å². The number of aryl methyl sites for hydroxylation is 2. The molecule has 0 aliphatic rings. The molecule has 31 heavy (non-hydrogen) atoms. The molecule has 1 aromatic heterocycles. The highest BCUT2D eigenvalue weighted by Gasteiger charge is 2.22. The number of nitrogens with zero attached hydrogens (tertiary/aromatic N) is 2. The molecule has 0 fully saturated rings. The van der Waals surface area contributed by atoms with Gasteiger partial charge >= 0.3 is 5.97 Å². The average molecular weight is 416 g/mol. The minimum Gasteiger partial charge on any atom is -0.464 e. The van der Waals surface area contributed by atoms with E-state index in [1.54, 1.807) is 24.3 Å². The minimum absolute atomic E-state index is 0.0358. The predicted molar refractivity (Wildman–Crippen MR) is 119 cm³/mol. The van der Waals surface area contributed by atoms with Gasteiger partial charge in [-0.2, -0.15) is 5.26 Å². The summed E-state index contributed by atoms with van der Waals surface area (Å²) >= 11 is 0. The van der Waals surface area contributed by atoms with Crippen molar-refractivity contribution < 1.29 is 14.3 Å². The number of methoxy groups -OCH3 is 1. The molecule has 0 radical (unpaired) electrons. The summed E-state index contributed by atoms with van der Waals surface area (Å²) in [6, 6.07) is 14.7. The van der Waals surface area contributed by atoms with Crippen molar-refractivity contribution in [2.24, 2.45) is 0 Å². The lowest BCUT2D eigenvalue weighted by Gasteiger charge is -2.15. The van der Waals surface area contributed by atoms with Crippen LogP contribution >= 0.6 is 0 Å². The number of nitrogens with two attached hydrogens (primary N) is 1. The number of esters is 1. The first-order chi connectivity index (χ1) is 14.9. The lowest BCUT2D eigenvalue weighted by Crippen LogP contribution is -2.16. The molecule has 7 nitrogen and oxygen atoms in total. The first kappa shape index (κ1) is 21.7. The molecule has 0 bridgehead atoms. The molecule has 158 valence electrons. The number of para-hydroxylation sites is 1. The van der Waals surface area contributed by atoms with Gasteiger partial charge < -0.3 is 20.4 Å². The number of carbonyl (C=O) groups excluding carboxylic acids is 2. The zero-order valence-corrected chi connectivity index (χ0v) is 17.7. The maximum atomic E-state index is 13.0. The van der Waals surface area contributed by atoms with E-state index in [2.05, 4.69) is 5.32 Å². The molecule has 0 aliphatic carbocycles. The summed E-state index contributed by atoms with van der Waals surface area (Å²) in [5.41, 5.74) is 10.1. The van der Waals surface area contributed by atoms with Crippen LogP contribution in [0.25, 0.3) is 5.69 Å². The number of anilines is 2. The van der Waals surface area contributed by atoms with Gasteiger partial charge in [-0.3, -0.25) is 4.79 Å². The lowest BCUT2D eigenvalue weighted by molar-refractivity contribution is 0.0593. The van der Waals surface area contributed by atoms with Crippen LogP contribution in [0.1, 0.15) is 51.4 Å². The van der Waals surface area contributed by atoms with E-state index >= 15 is 0 Å². The Morgan fingerprint density at radius 3 is 2.35 bits per heavy atom. The third-order valence-corrected chi connectivity index (χ3v) is 5.17. The summed E-state index contributed by atoms with van der Waals surface area (Å²) in [4.78, 5) is 25.3. The molecular weight excluding hydrogens is 392 g/mol. The maximum Gasteiger partial charge on any atom is 0.357 e. The lowest BCUT2D eigenvalue weighted by atomic mass is 10.0. The summed E-state index contributed by atoms with van der Waals surface area (Å²) in [7, 11) is 1.24. The summed E-state index contributed by atoms with van der Waals surface area (Å²) in [6.45, 7) is 4.09. The van der Waals surface area contributed by atoms with Crippen molar-refractivity contribution in [1.29, 1.82) is 5.26 Å². The fraction of sp³-hybridized carbons (Fsp3) is 0.208. The highest BCUT2D eigenvalue weighted by atomic mass is 16.5. The molecule has 1 amide bonds. The van der Waals surface area contributed by atoms with Gasteiger partial charge in [0.1, 0.15) is 6.07 Å². The molecule has 0 saturated carbocycles. The van der Waals surface area contributed by atoms with Crippen molar-refractivity contribution in [3.63, 3.8) is 0 Å². The molecule has 3 N–H and O–H groups in total. The van der Waals surface area contributed by atoms with Crippen molar-refractivity contribution in [3.8, 4) is 11.8 Å². The number of amides is 1. The summed E-state index contributed by atoms with van der Waals surface area (Å²) < 4.78 is 6.28. The zero-order valence-electron chi connectivity index (χ0n) is 17.7. The van der Waals surface area contributed by atoms with Crippen LogP contribution in [0.2, 0.25) is 0 Å². The largest absolute Gasteiger partial charge is 0.464 e. The Morgan fingerprint density at radius 2 is 1.77 bits per heavy atom. The molecule has 0 spiro atoms. The van der Waals surface area contributed by atoms with E-state index in [9.17, 15) is 14.9 Å². The van der Waals surface area contributed by atoms with Crippen LogP contribution in [0.4, 0.5) is 11.4 Å². The van der Waals surface area contributed by atoms with Crippen molar-refractivity contribution in [2.75, 3.05) is 18.2 Å². The maximum absolute atomic E-state index is 13.0. The fourth-order valence-corrected chi connectivity index (χ4v) is 3.50. The first-order valence-corrected chi connectivity index (χ1v) is 9.96. The Bertz CT molecular complexity index is 1170. The van der Waals surface area contributed by atoms with Crippen LogP contribution < -0.4 is 11.1 Å². The molecule has 3 aromatic rings. The molecule has 3 rings (SSSR count). The summed E-state index contributed by atoms with van der Waals surface area (Å²) in [5.74, 6) is -0.934. The second-order valence-electron chi connectivity index (χ2n) is 6.94. The Hall–Kier alpha value is -4.05.